The smallest absolute Gasteiger partial charge is 0.146 e. The lowest BCUT2D eigenvalue weighted by molar-refractivity contribution is 0.575. The van der Waals surface area contributed by atoms with Gasteiger partial charge in [-0.15, -0.1) is 0 Å². The molecule has 2 rings (SSSR count). The van der Waals surface area contributed by atoms with Gasteiger partial charge < -0.3 is 10.6 Å². The summed E-state index contributed by atoms with van der Waals surface area (Å²) in [7, 11) is 0. The van der Waals surface area contributed by atoms with Gasteiger partial charge in [0.2, 0.25) is 0 Å². The van der Waals surface area contributed by atoms with Crippen LogP contribution in [0.3, 0.4) is 0 Å². The highest BCUT2D eigenvalue weighted by Gasteiger charge is 2.31. The average Bonchev–Trinajstić information content (AvgIpc) is 3.20. The van der Waals surface area contributed by atoms with Gasteiger partial charge >= 0.3 is 0 Å². The molecule has 112 valence electrons. The Labute approximate surface area is 122 Å². The maximum absolute atomic E-state index is 14.4. The summed E-state index contributed by atoms with van der Waals surface area (Å²) in [6.07, 6.45) is 4.05. The van der Waals surface area contributed by atoms with Crippen LogP contribution in [-0.4, -0.2) is 18.6 Å². The van der Waals surface area contributed by atoms with Crippen molar-refractivity contribution in [3.8, 4) is 0 Å². The summed E-state index contributed by atoms with van der Waals surface area (Å²) in [6.45, 7) is 7.35. The first-order chi connectivity index (χ1) is 9.51. The molecule has 2 N–H and O–H groups in total. The van der Waals surface area contributed by atoms with Crippen molar-refractivity contribution in [1.82, 2.24) is 0 Å². The molecule has 1 aliphatic carbocycles. The van der Waals surface area contributed by atoms with E-state index in [4.69, 9.17) is 5.73 Å². The number of hydrogen-bond donors (Lipinski definition) is 1. The van der Waals surface area contributed by atoms with E-state index in [1.165, 1.54) is 12.8 Å². The van der Waals surface area contributed by atoms with E-state index in [9.17, 15) is 4.39 Å². The quantitative estimate of drug-likeness (QED) is 0.823. The molecule has 0 saturated heterocycles. The van der Waals surface area contributed by atoms with Crippen LogP contribution in [0, 0.1) is 11.7 Å². The fourth-order valence-corrected chi connectivity index (χ4v) is 2.58. The minimum Gasteiger partial charge on any atom is -0.366 e. The van der Waals surface area contributed by atoms with Gasteiger partial charge in [-0.25, -0.2) is 4.39 Å². The largest absolute Gasteiger partial charge is 0.366 e. The Bertz CT molecular complexity index is 441. The van der Waals surface area contributed by atoms with Crippen molar-refractivity contribution in [2.75, 3.05) is 11.4 Å². The second-order valence-corrected chi connectivity index (χ2v) is 6.44. The fraction of sp³-hybridized carbons (Fsp3) is 0.647. The molecule has 1 atom stereocenters. The Kier molecular flexibility index (Phi) is 5.03. The second kappa shape index (κ2) is 6.57. The van der Waals surface area contributed by atoms with Gasteiger partial charge in [0.15, 0.2) is 0 Å². The second-order valence-electron chi connectivity index (χ2n) is 6.44. The fourth-order valence-electron chi connectivity index (χ4n) is 2.58. The molecule has 1 unspecified atom stereocenters. The molecule has 2 nitrogen and oxygen atoms in total. The van der Waals surface area contributed by atoms with E-state index in [0.717, 1.165) is 30.6 Å². The van der Waals surface area contributed by atoms with Gasteiger partial charge in [-0.2, -0.15) is 0 Å². The Morgan fingerprint density at radius 1 is 1.35 bits per heavy atom. The van der Waals surface area contributed by atoms with E-state index in [1.807, 2.05) is 12.1 Å². The number of rotatable bonds is 7. The van der Waals surface area contributed by atoms with Gasteiger partial charge in [0.05, 0.1) is 5.69 Å². The molecule has 1 aliphatic rings. The maximum Gasteiger partial charge on any atom is 0.146 e. The maximum atomic E-state index is 14.4. The molecule has 0 heterocycles. The number of benzene rings is 1. The zero-order chi connectivity index (χ0) is 14.7. The summed E-state index contributed by atoms with van der Waals surface area (Å²) in [5, 5.41) is 0. The topological polar surface area (TPSA) is 29.3 Å². The summed E-state index contributed by atoms with van der Waals surface area (Å²) in [5.74, 6) is 0.446. The molecule has 3 heteroatoms. The minimum absolute atomic E-state index is 0.0987. The molecule has 1 saturated carbocycles. The molecule has 0 aromatic heterocycles. The van der Waals surface area contributed by atoms with Gasteiger partial charge in [-0.05, 0) is 49.3 Å². The van der Waals surface area contributed by atoms with E-state index >= 15 is 0 Å². The Morgan fingerprint density at radius 3 is 2.55 bits per heavy atom. The van der Waals surface area contributed by atoms with Crippen molar-refractivity contribution in [2.24, 2.45) is 11.7 Å². The standard InChI is InChI=1S/C17H27FN2/c1-4-14(19)9-13-5-8-17(16(18)10-13)20(11-12(2)3)15-6-7-15/h5,8,10,12,14-15H,4,6-7,9,11,19H2,1-3H3. The van der Waals surface area contributed by atoms with Crippen LogP contribution in [-0.2, 0) is 6.42 Å². The van der Waals surface area contributed by atoms with Gasteiger partial charge in [0.1, 0.15) is 5.82 Å². The van der Waals surface area contributed by atoms with Crippen molar-refractivity contribution in [1.29, 1.82) is 0 Å². The summed E-state index contributed by atoms with van der Waals surface area (Å²) in [4.78, 5) is 2.24. The Hall–Kier alpha value is -1.09. The molecule has 0 amide bonds. The van der Waals surface area contributed by atoms with E-state index in [-0.39, 0.29) is 11.9 Å². The van der Waals surface area contributed by atoms with Crippen LogP contribution >= 0.6 is 0 Å². The van der Waals surface area contributed by atoms with Crippen molar-refractivity contribution in [3.63, 3.8) is 0 Å². The zero-order valence-corrected chi connectivity index (χ0v) is 12.9. The molecule has 20 heavy (non-hydrogen) atoms. The lowest BCUT2D eigenvalue weighted by Crippen LogP contribution is -2.30. The third-order valence-electron chi connectivity index (χ3n) is 3.89. The molecule has 0 spiro atoms. The number of halogens is 1. The van der Waals surface area contributed by atoms with Crippen LogP contribution < -0.4 is 10.6 Å². The average molecular weight is 278 g/mol. The number of nitrogens with zero attached hydrogens (tertiary/aromatic N) is 1. The van der Waals surface area contributed by atoms with Gasteiger partial charge in [0, 0.05) is 18.6 Å². The minimum atomic E-state index is -0.0987. The lowest BCUT2D eigenvalue weighted by atomic mass is 10.0. The number of nitrogens with two attached hydrogens (primary N) is 1. The van der Waals surface area contributed by atoms with Gasteiger partial charge in [0.25, 0.3) is 0 Å². The van der Waals surface area contributed by atoms with E-state index < -0.39 is 0 Å². The Balaban J connectivity index is 2.14. The van der Waals surface area contributed by atoms with Gasteiger partial charge in [-0.3, -0.25) is 0 Å². The zero-order valence-electron chi connectivity index (χ0n) is 12.9. The molecular weight excluding hydrogens is 251 g/mol. The van der Waals surface area contributed by atoms with Crippen LogP contribution in [0.15, 0.2) is 18.2 Å². The molecule has 1 aromatic carbocycles. The summed E-state index contributed by atoms with van der Waals surface area (Å²) in [6, 6.07) is 6.30. The highest BCUT2D eigenvalue weighted by atomic mass is 19.1. The van der Waals surface area contributed by atoms with Crippen LogP contribution in [0.1, 0.15) is 45.6 Å². The van der Waals surface area contributed by atoms with Gasteiger partial charge in [-0.1, -0.05) is 26.8 Å². The molecule has 1 fully saturated rings. The molecule has 1 aromatic rings. The molecule has 0 aliphatic heterocycles. The predicted octanol–water partition coefficient (Wildman–Crippen LogP) is 3.73. The van der Waals surface area contributed by atoms with Crippen molar-refractivity contribution in [3.05, 3.63) is 29.6 Å². The SMILES string of the molecule is CCC(N)Cc1ccc(N(CC(C)C)C2CC2)c(F)c1. The van der Waals surface area contributed by atoms with Crippen LogP contribution in [0.4, 0.5) is 10.1 Å². The van der Waals surface area contributed by atoms with Crippen molar-refractivity contribution >= 4 is 5.69 Å². The molecule has 0 radical (unpaired) electrons. The molecular formula is C17H27FN2. The lowest BCUT2D eigenvalue weighted by Gasteiger charge is -2.27. The van der Waals surface area contributed by atoms with E-state index in [1.54, 1.807) is 6.07 Å². The highest BCUT2D eigenvalue weighted by molar-refractivity contribution is 5.51. The summed E-state index contributed by atoms with van der Waals surface area (Å²) < 4.78 is 14.4. The van der Waals surface area contributed by atoms with Crippen molar-refractivity contribution in [2.45, 2.75) is 58.5 Å². The number of hydrogen-bond acceptors (Lipinski definition) is 2. The van der Waals surface area contributed by atoms with Crippen LogP contribution in [0.25, 0.3) is 0 Å². The normalized spacial score (nSPS) is 16.5. The summed E-state index contributed by atoms with van der Waals surface area (Å²) >= 11 is 0. The monoisotopic (exact) mass is 278 g/mol. The predicted molar refractivity (Wildman–Crippen MR) is 83.6 cm³/mol. The number of anilines is 1. The summed E-state index contributed by atoms with van der Waals surface area (Å²) in [5.41, 5.74) is 7.70. The first-order valence-electron chi connectivity index (χ1n) is 7.81. The molecule has 0 bridgehead atoms. The van der Waals surface area contributed by atoms with E-state index in [2.05, 4.69) is 25.7 Å². The third kappa shape index (κ3) is 3.95. The van der Waals surface area contributed by atoms with Crippen LogP contribution in [0.5, 0.6) is 0 Å². The van der Waals surface area contributed by atoms with Crippen LogP contribution in [0.2, 0.25) is 0 Å². The third-order valence-corrected chi connectivity index (χ3v) is 3.89. The van der Waals surface area contributed by atoms with E-state index in [0.29, 0.717) is 12.0 Å². The highest BCUT2D eigenvalue weighted by Crippen LogP contribution is 2.34. The Morgan fingerprint density at radius 2 is 2.05 bits per heavy atom. The first-order valence-corrected chi connectivity index (χ1v) is 7.81. The first kappa shape index (κ1) is 15.3. The van der Waals surface area contributed by atoms with Crippen molar-refractivity contribution < 1.29 is 4.39 Å².